The van der Waals surface area contributed by atoms with Crippen LogP contribution in [0.4, 0.5) is 5.95 Å². The van der Waals surface area contributed by atoms with Crippen molar-refractivity contribution >= 4 is 5.95 Å². The molecule has 1 atom stereocenters. The molecule has 1 fully saturated rings. The molecule has 1 unspecified atom stereocenters. The van der Waals surface area contributed by atoms with Gasteiger partial charge in [-0.05, 0) is 30.5 Å². The van der Waals surface area contributed by atoms with Gasteiger partial charge in [0.05, 0.1) is 0 Å². The van der Waals surface area contributed by atoms with Crippen molar-refractivity contribution in [3.63, 3.8) is 0 Å². The molecular formula is C13H24N4O. The molecule has 0 amide bonds. The lowest BCUT2D eigenvalue weighted by atomic mass is 10.0. The van der Waals surface area contributed by atoms with Gasteiger partial charge in [0.1, 0.15) is 0 Å². The Bertz CT molecular complexity index is 341. The molecule has 0 saturated carbocycles. The minimum absolute atomic E-state index is 0.447. The zero-order valence-electron chi connectivity index (χ0n) is 11.3. The van der Waals surface area contributed by atoms with Crippen molar-refractivity contribution in [3.8, 4) is 0 Å². The molecule has 0 aliphatic carbocycles. The molecule has 1 aromatic heterocycles. The van der Waals surface area contributed by atoms with Gasteiger partial charge in [-0.3, -0.25) is 0 Å². The molecule has 2 rings (SSSR count). The van der Waals surface area contributed by atoms with E-state index in [1.54, 1.807) is 0 Å². The number of anilines is 1. The normalized spacial score (nSPS) is 18.7. The van der Waals surface area contributed by atoms with Gasteiger partial charge in [-0.2, -0.15) is 4.98 Å². The monoisotopic (exact) mass is 252 g/mol. The molecule has 1 aromatic rings. The lowest BCUT2D eigenvalue weighted by Crippen LogP contribution is -2.25. The predicted molar refractivity (Wildman–Crippen MR) is 71.5 cm³/mol. The SMILES string of the molecule is CCC(CN)Cc1nc(N2CCCCCC2)no1. The van der Waals surface area contributed by atoms with Gasteiger partial charge >= 0.3 is 0 Å². The summed E-state index contributed by atoms with van der Waals surface area (Å²) in [5, 5.41) is 4.10. The zero-order chi connectivity index (χ0) is 12.8. The first kappa shape index (κ1) is 13.3. The van der Waals surface area contributed by atoms with Crippen LogP contribution in [0.1, 0.15) is 44.9 Å². The van der Waals surface area contributed by atoms with Gasteiger partial charge < -0.3 is 15.2 Å². The Labute approximate surface area is 109 Å². The summed E-state index contributed by atoms with van der Waals surface area (Å²) in [7, 11) is 0. The molecule has 0 radical (unpaired) electrons. The van der Waals surface area contributed by atoms with Gasteiger partial charge in [0.2, 0.25) is 5.89 Å². The van der Waals surface area contributed by atoms with Crippen LogP contribution in [0.3, 0.4) is 0 Å². The first-order valence-electron chi connectivity index (χ1n) is 7.11. The second kappa shape index (κ2) is 6.73. The Balaban J connectivity index is 1.96. The van der Waals surface area contributed by atoms with Gasteiger partial charge in [-0.1, -0.05) is 26.2 Å². The van der Waals surface area contributed by atoms with Crippen LogP contribution in [0.5, 0.6) is 0 Å². The van der Waals surface area contributed by atoms with Crippen molar-refractivity contribution in [2.24, 2.45) is 11.7 Å². The van der Waals surface area contributed by atoms with Crippen molar-refractivity contribution in [3.05, 3.63) is 5.89 Å². The molecule has 0 bridgehead atoms. The predicted octanol–water partition coefficient (Wildman–Crippen LogP) is 1.98. The highest BCUT2D eigenvalue weighted by molar-refractivity contribution is 5.27. The third-order valence-corrected chi connectivity index (χ3v) is 3.72. The van der Waals surface area contributed by atoms with Crippen LogP contribution in [0.2, 0.25) is 0 Å². The van der Waals surface area contributed by atoms with Crippen LogP contribution < -0.4 is 10.6 Å². The number of nitrogens with two attached hydrogens (primary N) is 1. The standard InChI is InChI=1S/C13H24N4O/c1-2-11(10-14)9-12-15-13(16-18-12)17-7-5-3-4-6-8-17/h11H,2-10,14H2,1H3. The number of rotatable bonds is 5. The van der Waals surface area contributed by atoms with Gasteiger partial charge in [0.25, 0.3) is 5.95 Å². The van der Waals surface area contributed by atoms with Crippen LogP contribution in [-0.4, -0.2) is 29.8 Å². The molecule has 1 saturated heterocycles. The van der Waals surface area contributed by atoms with Gasteiger partial charge in [0.15, 0.2) is 0 Å². The fourth-order valence-corrected chi connectivity index (χ4v) is 2.37. The molecule has 0 aromatic carbocycles. The summed E-state index contributed by atoms with van der Waals surface area (Å²) < 4.78 is 5.33. The maximum absolute atomic E-state index is 5.70. The molecule has 1 aliphatic heterocycles. The maximum Gasteiger partial charge on any atom is 0.266 e. The molecule has 18 heavy (non-hydrogen) atoms. The molecule has 0 spiro atoms. The van der Waals surface area contributed by atoms with Crippen molar-refractivity contribution in [2.75, 3.05) is 24.5 Å². The quantitative estimate of drug-likeness (QED) is 0.867. The van der Waals surface area contributed by atoms with Crippen molar-refractivity contribution in [1.29, 1.82) is 0 Å². The number of aromatic nitrogens is 2. The van der Waals surface area contributed by atoms with Crippen LogP contribution in [0, 0.1) is 5.92 Å². The number of hydrogen-bond acceptors (Lipinski definition) is 5. The largest absolute Gasteiger partial charge is 0.338 e. The van der Waals surface area contributed by atoms with E-state index in [9.17, 15) is 0 Å². The summed E-state index contributed by atoms with van der Waals surface area (Å²) in [5.74, 6) is 1.94. The first-order chi connectivity index (χ1) is 8.83. The highest BCUT2D eigenvalue weighted by atomic mass is 16.5. The Morgan fingerprint density at radius 1 is 1.28 bits per heavy atom. The molecule has 2 N–H and O–H groups in total. The molecule has 2 heterocycles. The van der Waals surface area contributed by atoms with Crippen molar-refractivity contribution in [2.45, 2.75) is 45.4 Å². The average Bonchev–Trinajstić information content (AvgIpc) is 2.69. The number of nitrogens with zero attached hydrogens (tertiary/aromatic N) is 3. The summed E-state index contributed by atoms with van der Waals surface area (Å²) in [6, 6.07) is 0. The van der Waals surface area contributed by atoms with Gasteiger partial charge in [0, 0.05) is 19.5 Å². The molecular weight excluding hydrogens is 228 g/mol. The second-order valence-corrected chi connectivity index (χ2v) is 5.10. The molecule has 5 heteroatoms. The van der Waals surface area contributed by atoms with E-state index < -0.39 is 0 Å². The summed E-state index contributed by atoms with van der Waals surface area (Å²) in [4.78, 5) is 6.74. The van der Waals surface area contributed by atoms with E-state index in [1.807, 2.05) is 0 Å². The molecule has 5 nitrogen and oxygen atoms in total. The average molecular weight is 252 g/mol. The Morgan fingerprint density at radius 3 is 2.61 bits per heavy atom. The highest BCUT2D eigenvalue weighted by Gasteiger charge is 2.17. The Morgan fingerprint density at radius 2 is 2.00 bits per heavy atom. The zero-order valence-corrected chi connectivity index (χ0v) is 11.3. The third kappa shape index (κ3) is 3.45. The van der Waals surface area contributed by atoms with Crippen molar-refractivity contribution in [1.82, 2.24) is 10.1 Å². The van der Waals surface area contributed by atoms with E-state index in [0.717, 1.165) is 37.8 Å². The molecule has 1 aliphatic rings. The van der Waals surface area contributed by atoms with Gasteiger partial charge in [-0.15, -0.1) is 0 Å². The lowest BCUT2D eigenvalue weighted by molar-refractivity contribution is 0.350. The Kier molecular flexibility index (Phi) is 4.99. The van der Waals surface area contributed by atoms with Gasteiger partial charge in [-0.25, -0.2) is 0 Å². The lowest BCUT2D eigenvalue weighted by Gasteiger charge is -2.16. The van der Waals surface area contributed by atoms with E-state index >= 15 is 0 Å². The fraction of sp³-hybridized carbons (Fsp3) is 0.846. The van der Waals surface area contributed by atoms with Crippen LogP contribution in [0.15, 0.2) is 4.52 Å². The Hall–Kier alpha value is -1.10. The van der Waals surface area contributed by atoms with Crippen LogP contribution in [-0.2, 0) is 6.42 Å². The fourth-order valence-electron chi connectivity index (χ4n) is 2.37. The minimum atomic E-state index is 0.447. The summed E-state index contributed by atoms with van der Waals surface area (Å²) >= 11 is 0. The van der Waals surface area contributed by atoms with E-state index in [1.165, 1.54) is 25.7 Å². The first-order valence-corrected chi connectivity index (χ1v) is 7.11. The summed E-state index contributed by atoms with van der Waals surface area (Å²) in [6.45, 7) is 4.92. The highest BCUT2D eigenvalue weighted by Crippen LogP contribution is 2.17. The summed E-state index contributed by atoms with van der Waals surface area (Å²) in [5.41, 5.74) is 5.70. The minimum Gasteiger partial charge on any atom is -0.338 e. The van der Waals surface area contributed by atoms with E-state index in [4.69, 9.17) is 10.3 Å². The second-order valence-electron chi connectivity index (χ2n) is 5.10. The summed E-state index contributed by atoms with van der Waals surface area (Å²) in [6.07, 6.45) is 6.93. The maximum atomic E-state index is 5.70. The van der Waals surface area contributed by atoms with E-state index in [-0.39, 0.29) is 0 Å². The molecule has 102 valence electrons. The van der Waals surface area contributed by atoms with Crippen molar-refractivity contribution < 1.29 is 4.52 Å². The smallest absolute Gasteiger partial charge is 0.266 e. The third-order valence-electron chi connectivity index (χ3n) is 3.72. The van der Waals surface area contributed by atoms with Crippen LogP contribution >= 0.6 is 0 Å². The topological polar surface area (TPSA) is 68.2 Å². The van der Waals surface area contributed by atoms with E-state index in [2.05, 4.69) is 22.0 Å². The van der Waals surface area contributed by atoms with Crippen LogP contribution in [0.25, 0.3) is 0 Å². The number of hydrogen-bond donors (Lipinski definition) is 1. The van der Waals surface area contributed by atoms with E-state index in [0.29, 0.717) is 12.5 Å².